The van der Waals surface area contributed by atoms with E-state index in [-0.39, 0.29) is 11.3 Å². The summed E-state index contributed by atoms with van der Waals surface area (Å²) in [6.45, 7) is 1.82. The Hall–Kier alpha value is -3.80. The average molecular weight is 374 g/mol. The van der Waals surface area contributed by atoms with Gasteiger partial charge in [0.25, 0.3) is 5.56 Å². The third-order valence-electron chi connectivity index (χ3n) is 4.52. The minimum atomic E-state index is -0.599. The molecule has 6 nitrogen and oxygen atoms in total. The molecule has 0 aliphatic carbocycles. The van der Waals surface area contributed by atoms with Crippen LogP contribution in [0.3, 0.4) is 0 Å². The van der Waals surface area contributed by atoms with Crippen LogP contribution in [0.4, 0.5) is 0 Å². The Morgan fingerprint density at radius 3 is 2.43 bits per heavy atom. The summed E-state index contributed by atoms with van der Waals surface area (Å²) in [6.07, 6.45) is 0. The van der Waals surface area contributed by atoms with Crippen molar-refractivity contribution in [3.8, 4) is 22.8 Å². The summed E-state index contributed by atoms with van der Waals surface area (Å²) < 4.78 is 10.8. The lowest BCUT2D eigenvalue weighted by Crippen LogP contribution is -2.14. The van der Waals surface area contributed by atoms with E-state index in [1.807, 2.05) is 61.5 Å². The standard InChI is InChI=1S/C22H18N2O4/c1-13-19-16(12-17(22(26)27-2)24-21(19)25)20(23-13)15-10-6-7-11-18(15)28-14-8-4-3-5-9-14/h3-12,23H,1-2H3,(H,24,25). The van der Waals surface area contributed by atoms with Gasteiger partial charge >= 0.3 is 5.97 Å². The van der Waals surface area contributed by atoms with Gasteiger partial charge in [-0.15, -0.1) is 0 Å². The minimum Gasteiger partial charge on any atom is -0.464 e. The normalized spacial score (nSPS) is 10.8. The van der Waals surface area contributed by atoms with Gasteiger partial charge < -0.3 is 19.4 Å². The number of aromatic amines is 2. The molecule has 4 rings (SSSR count). The number of H-pyrrole nitrogens is 2. The second-order valence-electron chi connectivity index (χ2n) is 6.33. The molecule has 0 fully saturated rings. The zero-order chi connectivity index (χ0) is 19.7. The SMILES string of the molecule is COC(=O)c1cc2c(-c3ccccc3Oc3ccccc3)[nH]c(C)c2c(=O)[nH]1. The van der Waals surface area contributed by atoms with Crippen LogP contribution in [0.2, 0.25) is 0 Å². The van der Waals surface area contributed by atoms with Gasteiger partial charge in [-0.25, -0.2) is 4.79 Å². The fourth-order valence-corrected chi connectivity index (χ4v) is 3.26. The van der Waals surface area contributed by atoms with Gasteiger partial charge in [-0.2, -0.15) is 0 Å². The third-order valence-corrected chi connectivity index (χ3v) is 4.52. The molecule has 4 aromatic rings. The van der Waals surface area contributed by atoms with Crippen molar-refractivity contribution in [1.82, 2.24) is 9.97 Å². The van der Waals surface area contributed by atoms with Crippen LogP contribution in [0.15, 0.2) is 65.5 Å². The van der Waals surface area contributed by atoms with Crippen LogP contribution in [0.25, 0.3) is 22.0 Å². The van der Waals surface area contributed by atoms with E-state index in [1.54, 1.807) is 6.07 Å². The number of aromatic nitrogens is 2. The Morgan fingerprint density at radius 2 is 1.68 bits per heavy atom. The molecule has 0 unspecified atom stereocenters. The highest BCUT2D eigenvalue weighted by atomic mass is 16.5. The fraction of sp³-hybridized carbons (Fsp3) is 0.0909. The number of esters is 1. The van der Waals surface area contributed by atoms with Crippen LogP contribution in [0.5, 0.6) is 11.5 Å². The van der Waals surface area contributed by atoms with Gasteiger partial charge in [0.05, 0.1) is 18.2 Å². The Balaban J connectivity index is 1.92. The predicted octanol–water partition coefficient (Wildman–Crippen LogP) is 4.41. The summed E-state index contributed by atoms with van der Waals surface area (Å²) in [5, 5.41) is 1.13. The van der Waals surface area contributed by atoms with Crippen molar-refractivity contribution in [1.29, 1.82) is 0 Å². The summed E-state index contributed by atoms with van der Waals surface area (Å²) in [5.41, 5.74) is 1.94. The van der Waals surface area contributed by atoms with Gasteiger partial charge in [0.2, 0.25) is 0 Å². The molecule has 2 aromatic heterocycles. The zero-order valence-corrected chi connectivity index (χ0v) is 15.4. The number of benzene rings is 2. The topological polar surface area (TPSA) is 84.2 Å². The van der Waals surface area contributed by atoms with E-state index < -0.39 is 5.97 Å². The Bertz CT molecular complexity index is 1220. The highest BCUT2D eigenvalue weighted by Crippen LogP contribution is 2.37. The molecule has 0 aliphatic heterocycles. The number of para-hydroxylation sites is 2. The van der Waals surface area contributed by atoms with Crippen molar-refractivity contribution in [3.05, 3.63) is 82.4 Å². The first-order valence-electron chi connectivity index (χ1n) is 8.74. The molecule has 0 saturated heterocycles. The number of aryl methyl sites for hydroxylation is 1. The van der Waals surface area contributed by atoms with E-state index >= 15 is 0 Å². The van der Waals surface area contributed by atoms with Gasteiger partial charge in [0.1, 0.15) is 17.2 Å². The number of rotatable bonds is 4. The highest BCUT2D eigenvalue weighted by Gasteiger charge is 2.19. The summed E-state index contributed by atoms with van der Waals surface area (Å²) >= 11 is 0. The number of ether oxygens (including phenoxy) is 2. The predicted molar refractivity (Wildman–Crippen MR) is 107 cm³/mol. The summed E-state index contributed by atoms with van der Waals surface area (Å²) in [5.74, 6) is 0.741. The molecule has 0 saturated carbocycles. The molecule has 0 radical (unpaired) electrons. The van der Waals surface area contributed by atoms with Crippen LogP contribution in [0, 0.1) is 6.92 Å². The summed E-state index contributed by atoms with van der Waals surface area (Å²) in [4.78, 5) is 30.3. The molecule has 2 N–H and O–H groups in total. The van der Waals surface area contributed by atoms with Crippen molar-refractivity contribution in [3.63, 3.8) is 0 Å². The molecular formula is C22H18N2O4. The number of hydrogen-bond donors (Lipinski definition) is 2. The lowest BCUT2D eigenvalue weighted by atomic mass is 10.1. The quantitative estimate of drug-likeness (QED) is 0.518. The molecule has 2 heterocycles. The number of carbonyl (C=O) groups excluding carboxylic acids is 1. The first-order valence-corrected chi connectivity index (χ1v) is 8.74. The van der Waals surface area contributed by atoms with Gasteiger partial charge in [-0.1, -0.05) is 30.3 Å². The first kappa shape index (κ1) is 17.6. The zero-order valence-electron chi connectivity index (χ0n) is 15.4. The van der Waals surface area contributed by atoms with E-state index in [9.17, 15) is 9.59 Å². The summed E-state index contributed by atoms with van der Waals surface area (Å²) in [7, 11) is 1.27. The lowest BCUT2D eigenvalue weighted by Gasteiger charge is -2.11. The van der Waals surface area contributed by atoms with Crippen molar-refractivity contribution >= 4 is 16.7 Å². The smallest absolute Gasteiger partial charge is 0.354 e. The highest BCUT2D eigenvalue weighted by molar-refractivity contribution is 6.01. The van der Waals surface area contributed by atoms with Gasteiger partial charge in [-0.3, -0.25) is 4.79 Å². The molecule has 0 atom stereocenters. The Morgan fingerprint density at radius 1 is 0.964 bits per heavy atom. The molecule has 6 heteroatoms. The molecule has 140 valence electrons. The maximum Gasteiger partial charge on any atom is 0.354 e. The van der Waals surface area contributed by atoms with Crippen molar-refractivity contribution in [2.75, 3.05) is 7.11 Å². The van der Waals surface area contributed by atoms with Gasteiger partial charge in [0, 0.05) is 16.6 Å². The number of nitrogens with one attached hydrogen (secondary N) is 2. The Kier molecular flexibility index (Phi) is 4.45. The lowest BCUT2D eigenvalue weighted by molar-refractivity contribution is 0.0594. The van der Waals surface area contributed by atoms with Crippen LogP contribution < -0.4 is 10.3 Å². The number of fused-ring (bicyclic) bond motifs is 1. The Labute approximate surface area is 160 Å². The maximum absolute atomic E-state index is 12.5. The van der Waals surface area contributed by atoms with Crippen LogP contribution in [0.1, 0.15) is 16.2 Å². The van der Waals surface area contributed by atoms with Crippen LogP contribution in [-0.2, 0) is 4.74 Å². The molecule has 0 spiro atoms. The number of methoxy groups -OCH3 is 1. The average Bonchev–Trinajstić information content (AvgIpc) is 3.05. The monoisotopic (exact) mass is 374 g/mol. The molecule has 2 aromatic carbocycles. The largest absolute Gasteiger partial charge is 0.464 e. The molecule has 28 heavy (non-hydrogen) atoms. The summed E-state index contributed by atoms with van der Waals surface area (Å²) in [6, 6.07) is 18.6. The molecule has 0 aliphatic rings. The van der Waals surface area contributed by atoms with E-state index in [2.05, 4.69) is 9.97 Å². The van der Waals surface area contributed by atoms with E-state index in [0.29, 0.717) is 33.7 Å². The third kappa shape index (κ3) is 3.05. The van der Waals surface area contributed by atoms with Crippen LogP contribution >= 0.6 is 0 Å². The number of hydrogen-bond acceptors (Lipinski definition) is 4. The molecule has 0 amide bonds. The molecular weight excluding hydrogens is 356 g/mol. The first-order chi connectivity index (χ1) is 13.6. The number of pyridine rings is 1. The minimum absolute atomic E-state index is 0.0988. The van der Waals surface area contributed by atoms with E-state index in [0.717, 1.165) is 5.56 Å². The van der Waals surface area contributed by atoms with Gasteiger partial charge in [0.15, 0.2) is 0 Å². The second-order valence-corrected chi connectivity index (χ2v) is 6.33. The maximum atomic E-state index is 12.5. The van der Waals surface area contributed by atoms with Crippen LogP contribution in [-0.4, -0.2) is 23.0 Å². The van der Waals surface area contributed by atoms with Gasteiger partial charge in [-0.05, 0) is 37.3 Å². The fourth-order valence-electron chi connectivity index (χ4n) is 3.26. The second kappa shape index (κ2) is 7.08. The van der Waals surface area contributed by atoms with Crippen molar-refractivity contribution in [2.45, 2.75) is 6.92 Å². The molecule has 0 bridgehead atoms. The van der Waals surface area contributed by atoms with Crippen molar-refractivity contribution in [2.24, 2.45) is 0 Å². The van der Waals surface area contributed by atoms with E-state index in [1.165, 1.54) is 7.11 Å². The van der Waals surface area contributed by atoms with E-state index in [4.69, 9.17) is 9.47 Å². The number of carbonyl (C=O) groups is 1. The van der Waals surface area contributed by atoms with Crippen molar-refractivity contribution < 1.29 is 14.3 Å².